The Hall–Kier alpha value is -1.36. The second-order valence-corrected chi connectivity index (χ2v) is 6.85. The number of imide groups is 1. The summed E-state index contributed by atoms with van der Waals surface area (Å²) in [6.45, 7) is 5.15. The highest BCUT2D eigenvalue weighted by Gasteiger charge is 2.34. The molecule has 0 N–H and O–H groups in total. The van der Waals surface area contributed by atoms with E-state index in [4.69, 9.17) is 23.7 Å². The second kappa shape index (κ2) is 14.6. The van der Waals surface area contributed by atoms with Crippen molar-refractivity contribution in [2.24, 2.45) is 0 Å². The molecule has 1 aromatic carbocycles. The molecule has 1 aromatic rings. The topological polar surface area (TPSA) is 83.5 Å². The molecule has 0 atom stereocenters. The Balaban J connectivity index is 1.37. The Morgan fingerprint density at radius 3 is 1.41 bits per heavy atom. The zero-order chi connectivity index (χ0) is 20.7. The molecule has 0 bridgehead atoms. The van der Waals surface area contributed by atoms with Crippen LogP contribution in [0.25, 0.3) is 0 Å². The van der Waals surface area contributed by atoms with Crippen LogP contribution in [0, 0.1) is 0 Å². The van der Waals surface area contributed by atoms with Crippen molar-refractivity contribution in [3.05, 3.63) is 35.4 Å². The first-order chi connectivity index (χ1) is 14.3. The van der Waals surface area contributed by atoms with E-state index in [1.54, 1.807) is 24.3 Å². The first-order valence-corrected chi connectivity index (χ1v) is 10.8. The highest BCUT2D eigenvalue weighted by Crippen LogP contribution is 2.21. The van der Waals surface area contributed by atoms with E-state index >= 15 is 0 Å². The Morgan fingerprint density at radius 2 is 1.00 bits per heavy atom. The molecule has 8 nitrogen and oxygen atoms in total. The summed E-state index contributed by atoms with van der Waals surface area (Å²) in [5, 5.41) is 0.827. The van der Waals surface area contributed by atoms with Crippen LogP contribution in [0.5, 0.6) is 0 Å². The Bertz CT molecular complexity index is 594. The molecule has 0 radical (unpaired) electrons. The van der Waals surface area contributed by atoms with E-state index in [-0.39, 0.29) is 25.0 Å². The minimum atomic E-state index is -0.266. The van der Waals surface area contributed by atoms with E-state index in [1.165, 1.54) is 4.90 Å². The van der Waals surface area contributed by atoms with Gasteiger partial charge in [-0.2, -0.15) is 0 Å². The van der Waals surface area contributed by atoms with Crippen molar-refractivity contribution < 1.29 is 33.3 Å². The smallest absolute Gasteiger partial charge is 0.261 e. The quantitative estimate of drug-likeness (QED) is 0.193. The van der Waals surface area contributed by atoms with Crippen molar-refractivity contribution in [2.75, 3.05) is 77.9 Å². The molecule has 1 heterocycles. The molecule has 0 aliphatic carbocycles. The Labute approximate surface area is 179 Å². The molecule has 0 spiro atoms. The van der Waals surface area contributed by atoms with E-state index < -0.39 is 0 Å². The summed E-state index contributed by atoms with van der Waals surface area (Å²) in [6.07, 6.45) is 0. The van der Waals surface area contributed by atoms with Crippen LogP contribution in [0.1, 0.15) is 20.7 Å². The standard InChI is InChI=1S/C20H28BrNO7/c21-5-7-25-9-11-27-13-15-29-16-14-28-12-10-26-8-6-22-19(23)17-3-1-2-4-18(17)20(22)24/h1-4H,5-16H2. The lowest BCUT2D eigenvalue weighted by molar-refractivity contribution is -0.0108. The number of carbonyl (C=O) groups excluding carboxylic acids is 2. The zero-order valence-corrected chi connectivity index (χ0v) is 18.1. The number of carbonyl (C=O) groups is 2. The maximum atomic E-state index is 12.2. The Kier molecular flexibility index (Phi) is 12.0. The van der Waals surface area contributed by atoms with Gasteiger partial charge in [0.2, 0.25) is 0 Å². The van der Waals surface area contributed by atoms with Gasteiger partial charge in [0.15, 0.2) is 0 Å². The van der Waals surface area contributed by atoms with Gasteiger partial charge in [0.25, 0.3) is 11.8 Å². The molecule has 2 amide bonds. The van der Waals surface area contributed by atoms with Crippen molar-refractivity contribution in [1.82, 2.24) is 4.90 Å². The number of amides is 2. The van der Waals surface area contributed by atoms with Crippen LogP contribution in [-0.4, -0.2) is 94.7 Å². The van der Waals surface area contributed by atoms with Gasteiger partial charge in [-0.3, -0.25) is 14.5 Å². The average molecular weight is 474 g/mol. The monoisotopic (exact) mass is 473 g/mol. The molecule has 9 heteroatoms. The molecule has 1 aliphatic heterocycles. The van der Waals surface area contributed by atoms with Crippen LogP contribution >= 0.6 is 15.9 Å². The van der Waals surface area contributed by atoms with Gasteiger partial charge >= 0.3 is 0 Å². The summed E-state index contributed by atoms with van der Waals surface area (Å²) >= 11 is 3.28. The van der Waals surface area contributed by atoms with E-state index in [0.29, 0.717) is 70.6 Å². The van der Waals surface area contributed by atoms with Crippen LogP contribution < -0.4 is 0 Å². The SMILES string of the molecule is O=C1c2ccccc2C(=O)N1CCOCCOCCOCCOCCOCCBr. The molecule has 29 heavy (non-hydrogen) atoms. The number of ether oxygens (including phenoxy) is 5. The number of rotatable bonds is 17. The fourth-order valence-electron chi connectivity index (χ4n) is 2.63. The fraction of sp³-hybridized carbons (Fsp3) is 0.600. The van der Waals surface area contributed by atoms with Crippen LogP contribution in [0.15, 0.2) is 24.3 Å². The second-order valence-electron chi connectivity index (χ2n) is 6.06. The minimum absolute atomic E-state index is 0.233. The maximum absolute atomic E-state index is 12.2. The first kappa shape index (κ1) is 23.9. The Morgan fingerprint density at radius 1 is 0.621 bits per heavy atom. The molecule has 0 fully saturated rings. The summed E-state index contributed by atoms with van der Waals surface area (Å²) in [6, 6.07) is 6.83. The first-order valence-electron chi connectivity index (χ1n) is 9.65. The molecule has 2 rings (SSSR count). The van der Waals surface area contributed by atoms with Crippen molar-refractivity contribution in [3.63, 3.8) is 0 Å². The number of alkyl halides is 1. The van der Waals surface area contributed by atoms with Gasteiger partial charge in [-0.1, -0.05) is 28.1 Å². The summed E-state index contributed by atoms with van der Waals surface area (Å²) in [5.41, 5.74) is 0.906. The summed E-state index contributed by atoms with van der Waals surface area (Å²) < 4.78 is 26.9. The molecule has 162 valence electrons. The van der Waals surface area contributed by atoms with Crippen molar-refractivity contribution in [1.29, 1.82) is 0 Å². The van der Waals surface area contributed by atoms with Crippen molar-refractivity contribution in [2.45, 2.75) is 0 Å². The zero-order valence-electron chi connectivity index (χ0n) is 16.5. The fourth-order valence-corrected chi connectivity index (χ4v) is 2.86. The molecule has 0 saturated heterocycles. The van der Waals surface area contributed by atoms with Gasteiger partial charge in [0, 0.05) is 5.33 Å². The van der Waals surface area contributed by atoms with E-state index in [0.717, 1.165) is 5.33 Å². The molecule has 0 aromatic heterocycles. The predicted molar refractivity (Wildman–Crippen MR) is 110 cm³/mol. The largest absolute Gasteiger partial charge is 0.378 e. The molecule has 0 unspecified atom stereocenters. The van der Waals surface area contributed by atoms with Gasteiger partial charge in [0.05, 0.1) is 83.7 Å². The van der Waals surface area contributed by atoms with Crippen LogP contribution in [0.4, 0.5) is 0 Å². The normalized spacial score (nSPS) is 13.3. The van der Waals surface area contributed by atoms with Gasteiger partial charge in [-0.15, -0.1) is 0 Å². The third-order valence-electron chi connectivity index (χ3n) is 4.05. The molecular weight excluding hydrogens is 446 g/mol. The number of nitrogens with zero attached hydrogens (tertiary/aromatic N) is 1. The van der Waals surface area contributed by atoms with E-state index in [2.05, 4.69) is 15.9 Å². The third kappa shape index (κ3) is 8.49. The third-order valence-corrected chi connectivity index (χ3v) is 4.37. The van der Waals surface area contributed by atoms with Crippen LogP contribution in [-0.2, 0) is 23.7 Å². The lowest BCUT2D eigenvalue weighted by atomic mass is 10.1. The number of hydrogen-bond acceptors (Lipinski definition) is 7. The van der Waals surface area contributed by atoms with Crippen molar-refractivity contribution >= 4 is 27.7 Å². The lowest BCUT2D eigenvalue weighted by Gasteiger charge is -2.13. The van der Waals surface area contributed by atoms with E-state index in [1.807, 2.05) is 0 Å². The number of fused-ring (bicyclic) bond motifs is 1. The van der Waals surface area contributed by atoms with Crippen LogP contribution in [0.3, 0.4) is 0 Å². The summed E-state index contributed by atoms with van der Waals surface area (Å²) in [5.74, 6) is -0.531. The average Bonchev–Trinajstić information content (AvgIpc) is 2.98. The van der Waals surface area contributed by atoms with Gasteiger partial charge in [-0.25, -0.2) is 0 Å². The summed E-state index contributed by atoms with van der Waals surface area (Å²) in [7, 11) is 0. The minimum Gasteiger partial charge on any atom is -0.378 e. The highest BCUT2D eigenvalue weighted by molar-refractivity contribution is 9.09. The van der Waals surface area contributed by atoms with Gasteiger partial charge in [-0.05, 0) is 12.1 Å². The van der Waals surface area contributed by atoms with Crippen molar-refractivity contribution in [3.8, 4) is 0 Å². The predicted octanol–water partition coefficient (Wildman–Crippen LogP) is 1.76. The van der Waals surface area contributed by atoms with Gasteiger partial charge < -0.3 is 23.7 Å². The van der Waals surface area contributed by atoms with E-state index in [9.17, 15) is 9.59 Å². The molecular formula is C20H28BrNO7. The molecule has 0 saturated carbocycles. The number of benzene rings is 1. The number of halogens is 1. The summed E-state index contributed by atoms with van der Waals surface area (Å²) in [4.78, 5) is 25.6. The highest BCUT2D eigenvalue weighted by atomic mass is 79.9. The lowest BCUT2D eigenvalue weighted by Crippen LogP contribution is -2.33. The molecule has 1 aliphatic rings. The van der Waals surface area contributed by atoms with Gasteiger partial charge in [0.1, 0.15) is 0 Å². The maximum Gasteiger partial charge on any atom is 0.261 e. The van der Waals surface area contributed by atoms with Crippen LogP contribution in [0.2, 0.25) is 0 Å². The number of hydrogen-bond donors (Lipinski definition) is 0.